The van der Waals surface area contributed by atoms with E-state index < -0.39 is 11.6 Å². The number of halogens is 2. The summed E-state index contributed by atoms with van der Waals surface area (Å²) in [5.74, 6) is -0.279. The Morgan fingerprint density at radius 1 is 1.06 bits per heavy atom. The third kappa shape index (κ3) is 4.82. The van der Waals surface area contributed by atoms with Gasteiger partial charge in [0, 0.05) is 29.9 Å². The average Bonchev–Trinajstić information content (AvgIpc) is 3.61. The summed E-state index contributed by atoms with van der Waals surface area (Å²) in [7, 11) is 1.45. The molecular weight excluding hydrogens is 416 g/mol. The number of hydrogen-bond acceptors (Lipinski definition) is 6. The van der Waals surface area contributed by atoms with Gasteiger partial charge in [0.15, 0.2) is 17.4 Å². The lowest BCUT2D eigenvalue weighted by atomic mass is 10.1. The lowest BCUT2D eigenvalue weighted by Crippen LogP contribution is -2.14. The minimum absolute atomic E-state index is 0.0464. The highest BCUT2D eigenvalue weighted by molar-refractivity contribution is 5.93. The summed E-state index contributed by atoms with van der Waals surface area (Å²) in [5, 5.41) is 6.04. The highest BCUT2D eigenvalue weighted by Gasteiger charge is 2.30. The molecule has 2 aromatic heterocycles. The summed E-state index contributed by atoms with van der Waals surface area (Å²) in [5.41, 5.74) is 2.20. The molecule has 0 radical (unpaired) electrons. The first kappa shape index (κ1) is 21.6. The van der Waals surface area contributed by atoms with E-state index in [9.17, 15) is 13.6 Å². The van der Waals surface area contributed by atoms with Crippen LogP contribution in [0.2, 0.25) is 0 Å². The lowest BCUT2D eigenvalue weighted by molar-refractivity contribution is -0.117. The van der Waals surface area contributed by atoms with Gasteiger partial charge >= 0.3 is 0 Å². The molecule has 1 aliphatic carbocycles. The molecule has 7 nitrogen and oxygen atoms in total. The minimum atomic E-state index is -0.593. The van der Waals surface area contributed by atoms with E-state index in [-0.39, 0.29) is 23.2 Å². The van der Waals surface area contributed by atoms with Crippen molar-refractivity contribution in [3.63, 3.8) is 0 Å². The van der Waals surface area contributed by atoms with Crippen LogP contribution in [0.3, 0.4) is 0 Å². The van der Waals surface area contributed by atoms with Gasteiger partial charge in [-0.05, 0) is 30.9 Å². The summed E-state index contributed by atoms with van der Waals surface area (Å²) >= 11 is 0. The standard InChI is InChI=1S/C23H23F2N5O2/c1-3-4-14-10-26-20(30-23(31)13-5-6-13)9-18(14)29-19-8-15(24)7-17(21(19)32-2)22-27-11-16(25)12-28-22/h7-13H,3-6H2,1-2H3,(H2,26,29,30,31). The Morgan fingerprint density at radius 2 is 1.81 bits per heavy atom. The third-order valence-electron chi connectivity index (χ3n) is 5.09. The molecule has 32 heavy (non-hydrogen) atoms. The number of carbonyl (C=O) groups is 1. The van der Waals surface area contributed by atoms with Crippen LogP contribution in [0.25, 0.3) is 11.4 Å². The maximum absolute atomic E-state index is 14.5. The van der Waals surface area contributed by atoms with Crippen LogP contribution in [0.15, 0.2) is 36.8 Å². The molecule has 166 valence electrons. The van der Waals surface area contributed by atoms with Crippen molar-refractivity contribution in [2.24, 2.45) is 5.92 Å². The molecule has 1 amide bonds. The Morgan fingerprint density at radius 3 is 2.47 bits per heavy atom. The van der Waals surface area contributed by atoms with Crippen LogP contribution in [0, 0.1) is 17.6 Å². The second-order valence-corrected chi connectivity index (χ2v) is 7.62. The van der Waals surface area contributed by atoms with Crippen molar-refractivity contribution in [2.75, 3.05) is 17.7 Å². The van der Waals surface area contributed by atoms with E-state index in [2.05, 4.69) is 25.6 Å². The molecular formula is C23H23F2N5O2. The first-order valence-corrected chi connectivity index (χ1v) is 10.4. The third-order valence-corrected chi connectivity index (χ3v) is 5.09. The first-order valence-electron chi connectivity index (χ1n) is 10.4. The van der Waals surface area contributed by atoms with E-state index in [0.717, 1.165) is 43.6 Å². The molecule has 9 heteroatoms. The Kier molecular flexibility index (Phi) is 6.25. The van der Waals surface area contributed by atoms with Crippen LogP contribution in [-0.4, -0.2) is 28.0 Å². The van der Waals surface area contributed by atoms with Gasteiger partial charge in [0.2, 0.25) is 5.91 Å². The van der Waals surface area contributed by atoms with Gasteiger partial charge in [-0.3, -0.25) is 4.79 Å². The average molecular weight is 439 g/mol. The van der Waals surface area contributed by atoms with E-state index in [1.165, 1.54) is 19.2 Å². The molecule has 1 aromatic carbocycles. The predicted octanol–water partition coefficient (Wildman–Crippen LogP) is 4.87. The molecule has 1 saturated carbocycles. The zero-order valence-electron chi connectivity index (χ0n) is 17.8. The van der Waals surface area contributed by atoms with Crippen LogP contribution in [0.5, 0.6) is 5.75 Å². The van der Waals surface area contributed by atoms with Crippen molar-refractivity contribution in [3.8, 4) is 17.1 Å². The number of carbonyl (C=O) groups excluding carboxylic acids is 1. The van der Waals surface area contributed by atoms with Crippen molar-refractivity contribution >= 4 is 23.1 Å². The smallest absolute Gasteiger partial charge is 0.228 e. The molecule has 3 aromatic rings. The van der Waals surface area contributed by atoms with E-state index in [1.54, 1.807) is 12.3 Å². The molecule has 0 aliphatic heterocycles. The molecule has 2 heterocycles. The fourth-order valence-electron chi connectivity index (χ4n) is 3.38. The van der Waals surface area contributed by atoms with E-state index in [1.807, 2.05) is 6.92 Å². The molecule has 0 spiro atoms. The predicted molar refractivity (Wildman–Crippen MR) is 117 cm³/mol. The fourth-order valence-corrected chi connectivity index (χ4v) is 3.38. The van der Waals surface area contributed by atoms with Gasteiger partial charge in [0.25, 0.3) is 0 Å². The maximum atomic E-state index is 14.5. The molecule has 2 N–H and O–H groups in total. The van der Waals surface area contributed by atoms with Crippen LogP contribution < -0.4 is 15.4 Å². The van der Waals surface area contributed by atoms with Crippen molar-refractivity contribution in [2.45, 2.75) is 32.6 Å². The fraction of sp³-hybridized carbons (Fsp3) is 0.304. The molecule has 0 atom stereocenters. The van der Waals surface area contributed by atoms with E-state index in [4.69, 9.17) is 4.74 Å². The molecule has 0 saturated heterocycles. The number of nitrogens with one attached hydrogen (secondary N) is 2. The topological polar surface area (TPSA) is 89.0 Å². The van der Waals surface area contributed by atoms with Crippen LogP contribution in [0.1, 0.15) is 31.7 Å². The SMILES string of the molecule is CCCc1cnc(NC(=O)C2CC2)cc1Nc1cc(F)cc(-c2ncc(F)cn2)c1OC. The number of aryl methyl sites for hydroxylation is 1. The van der Waals surface area contributed by atoms with Gasteiger partial charge in [-0.15, -0.1) is 0 Å². The van der Waals surface area contributed by atoms with E-state index >= 15 is 0 Å². The summed E-state index contributed by atoms with van der Waals surface area (Å²) in [6.45, 7) is 2.04. The number of ether oxygens (including phenoxy) is 1. The molecule has 0 unspecified atom stereocenters. The van der Waals surface area contributed by atoms with Gasteiger partial charge in [0.1, 0.15) is 11.6 Å². The monoisotopic (exact) mass is 439 g/mol. The summed E-state index contributed by atoms with van der Waals surface area (Å²) in [4.78, 5) is 24.4. The van der Waals surface area contributed by atoms with Gasteiger partial charge in [-0.25, -0.2) is 23.7 Å². The number of anilines is 3. The first-order chi connectivity index (χ1) is 15.5. The van der Waals surface area contributed by atoms with Crippen LogP contribution in [0.4, 0.5) is 26.0 Å². The number of hydrogen-bond donors (Lipinski definition) is 2. The quantitative estimate of drug-likeness (QED) is 0.521. The van der Waals surface area contributed by atoms with Gasteiger partial charge in [-0.2, -0.15) is 0 Å². The van der Waals surface area contributed by atoms with Gasteiger partial charge < -0.3 is 15.4 Å². The number of methoxy groups -OCH3 is 1. The van der Waals surface area contributed by atoms with Crippen molar-refractivity contribution < 1.29 is 18.3 Å². The zero-order valence-corrected chi connectivity index (χ0v) is 17.8. The second-order valence-electron chi connectivity index (χ2n) is 7.62. The van der Waals surface area contributed by atoms with Crippen LogP contribution >= 0.6 is 0 Å². The molecule has 0 bridgehead atoms. The number of benzene rings is 1. The number of rotatable bonds is 8. The number of amides is 1. The molecule has 1 aliphatic rings. The normalized spacial score (nSPS) is 13.0. The molecule has 1 fully saturated rings. The zero-order chi connectivity index (χ0) is 22.7. The van der Waals surface area contributed by atoms with Crippen molar-refractivity contribution in [1.82, 2.24) is 15.0 Å². The van der Waals surface area contributed by atoms with Gasteiger partial charge in [-0.1, -0.05) is 13.3 Å². The van der Waals surface area contributed by atoms with E-state index in [0.29, 0.717) is 22.9 Å². The Labute approximate surface area is 184 Å². The van der Waals surface area contributed by atoms with Gasteiger partial charge in [0.05, 0.1) is 30.8 Å². The Hall–Kier alpha value is -3.62. The molecule has 4 rings (SSSR count). The lowest BCUT2D eigenvalue weighted by Gasteiger charge is -2.18. The Balaban J connectivity index is 1.72. The maximum Gasteiger partial charge on any atom is 0.228 e. The largest absolute Gasteiger partial charge is 0.494 e. The Bertz CT molecular complexity index is 1130. The summed E-state index contributed by atoms with van der Waals surface area (Å²) < 4.78 is 33.3. The second kappa shape index (κ2) is 9.25. The number of pyridine rings is 1. The highest BCUT2D eigenvalue weighted by Crippen LogP contribution is 2.38. The van der Waals surface area contributed by atoms with Crippen LogP contribution in [-0.2, 0) is 11.2 Å². The summed E-state index contributed by atoms with van der Waals surface area (Å²) in [6, 6.07) is 4.26. The summed E-state index contributed by atoms with van der Waals surface area (Å²) in [6.07, 6.45) is 7.10. The number of nitrogens with zero attached hydrogens (tertiary/aromatic N) is 3. The van der Waals surface area contributed by atoms with Crippen molar-refractivity contribution in [1.29, 1.82) is 0 Å². The van der Waals surface area contributed by atoms with Crippen molar-refractivity contribution in [3.05, 3.63) is 54.0 Å². The highest BCUT2D eigenvalue weighted by atomic mass is 19.1. The number of aromatic nitrogens is 3. The minimum Gasteiger partial charge on any atom is -0.494 e.